The molecule has 0 spiro atoms. The van der Waals surface area contributed by atoms with E-state index in [0.717, 1.165) is 12.1 Å². The minimum Gasteiger partial charge on any atom is -0.328 e. The van der Waals surface area contributed by atoms with Crippen molar-refractivity contribution < 1.29 is 0 Å². The molecule has 0 bridgehead atoms. The highest BCUT2D eigenvalue weighted by atomic mass is 15.2. The van der Waals surface area contributed by atoms with Crippen molar-refractivity contribution in [2.75, 3.05) is 26.2 Å². The van der Waals surface area contributed by atoms with Gasteiger partial charge in [0.25, 0.3) is 0 Å². The van der Waals surface area contributed by atoms with Gasteiger partial charge in [-0.15, -0.1) is 0 Å². The zero-order chi connectivity index (χ0) is 13.7. The first-order valence-electron chi connectivity index (χ1n) is 8.48. The third kappa shape index (κ3) is 4.17. The van der Waals surface area contributed by atoms with Crippen molar-refractivity contribution in [1.29, 1.82) is 0 Å². The van der Waals surface area contributed by atoms with Crippen molar-refractivity contribution in [3.8, 4) is 0 Å². The van der Waals surface area contributed by atoms with E-state index in [4.69, 9.17) is 5.73 Å². The molecule has 2 aliphatic rings. The fourth-order valence-electron chi connectivity index (χ4n) is 4.04. The van der Waals surface area contributed by atoms with Crippen LogP contribution in [0.25, 0.3) is 0 Å². The van der Waals surface area contributed by atoms with Crippen molar-refractivity contribution >= 4 is 0 Å². The molecule has 1 aliphatic heterocycles. The molecule has 19 heavy (non-hydrogen) atoms. The van der Waals surface area contributed by atoms with Crippen molar-refractivity contribution in [3.05, 3.63) is 0 Å². The Kier molecular flexibility index (Phi) is 6.11. The molecule has 1 saturated carbocycles. The van der Waals surface area contributed by atoms with E-state index < -0.39 is 0 Å². The summed E-state index contributed by atoms with van der Waals surface area (Å²) in [5.41, 5.74) is 6.04. The number of piperidine rings is 1. The smallest absolute Gasteiger partial charge is 0.0122 e. The Labute approximate surface area is 119 Å². The van der Waals surface area contributed by atoms with Gasteiger partial charge in [0.1, 0.15) is 0 Å². The molecule has 1 heterocycles. The van der Waals surface area contributed by atoms with E-state index in [1.807, 2.05) is 0 Å². The van der Waals surface area contributed by atoms with Crippen LogP contribution < -0.4 is 5.73 Å². The zero-order valence-corrected chi connectivity index (χ0v) is 13.0. The molecule has 0 aromatic rings. The third-order valence-electron chi connectivity index (χ3n) is 5.14. The lowest BCUT2D eigenvalue weighted by Crippen LogP contribution is -2.50. The van der Waals surface area contributed by atoms with Gasteiger partial charge in [0.05, 0.1) is 0 Å². The molecule has 3 heteroatoms. The Bertz CT molecular complexity index is 240. The monoisotopic (exact) mass is 267 g/mol. The summed E-state index contributed by atoms with van der Waals surface area (Å²) in [6, 6.07) is 2.12. The predicted octanol–water partition coefficient (Wildman–Crippen LogP) is 2.45. The van der Waals surface area contributed by atoms with Gasteiger partial charge in [0.2, 0.25) is 0 Å². The lowest BCUT2D eigenvalue weighted by Gasteiger charge is -2.44. The maximum Gasteiger partial charge on any atom is 0.0122 e. The summed E-state index contributed by atoms with van der Waals surface area (Å²) in [5, 5.41) is 0. The first-order valence-corrected chi connectivity index (χ1v) is 8.48. The highest BCUT2D eigenvalue weighted by Gasteiger charge is 2.30. The van der Waals surface area contributed by atoms with Crippen molar-refractivity contribution in [3.63, 3.8) is 0 Å². The van der Waals surface area contributed by atoms with Gasteiger partial charge in [-0.05, 0) is 71.1 Å². The predicted molar refractivity (Wildman–Crippen MR) is 82.4 cm³/mol. The summed E-state index contributed by atoms with van der Waals surface area (Å²) in [5.74, 6) is 0. The molecule has 2 fully saturated rings. The third-order valence-corrected chi connectivity index (χ3v) is 5.14. The molecule has 0 amide bonds. The molecule has 1 aliphatic carbocycles. The van der Waals surface area contributed by atoms with Crippen LogP contribution in [-0.4, -0.2) is 54.1 Å². The fourth-order valence-corrected chi connectivity index (χ4v) is 4.04. The average molecular weight is 267 g/mol. The van der Waals surface area contributed by atoms with E-state index in [1.165, 1.54) is 71.1 Å². The van der Waals surface area contributed by atoms with Gasteiger partial charge in [0.15, 0.2) is 0 Å². The summed E-state index contributed by atoms with van der Waals surface area (Å²) in [6.45, 7) is 9.75. The van der Waals surface area contributed by atoms with Crippen molar-refractivity contribution in [2.24, 2.45) is 5.73 Å². The van der Waals surface area contributed by atoms with E-state index >= 15 is 0 Å². The second kappa shape index (κ2) is 7.61. The van der Waals surface area contributed by atoms with Crippen LogP contribution in [0.2, 0.25) is 0 Å². The number of hydrogen-bond acceptors (Lipinski definition) is 3. The van der Waals surface area contributed by atoms with Crippen molar-refractivity contribution in [1.82, 2.24) is 9.80 Å². The van der Waals surface area contributed by atoms with Crippen molar-refractivity contribution in [2.45, 2.75) is 76.9 Å². The summed E-state index contributed by atoms with van der Waals surface area (Å²) in [6.07, 6.45) is 9.15. The van der Waals surface area contributed by atoms with E-state index in [-0.39, 0.29) is 0 Å². The Balaban J connectivity index is 1.82. The van der Waals surface area contributed by atoms with Crippen LogP contribution in [0.3, 0.4) is 0 Å². The van der Waals surface area contributed by atoms with E-state index in [2.05, 4.69) is 23.6 Å². The van der Waals surface area contributed by atoms with Crippen LogP contribution in [0, 0.1) is 0 Å². The van der Waals surface area contributed by atoms with E-state index in [9.17, 15) is 0 Å². The molecular weight excluding hydrogens is 234 g/mol. The molecule has 0 aromatic carbocycles. The van der Waals surface area contributed by atoms with Gasteiger partial charge in [-0.2, -0.15) is 0 Å². The fraction of sp³-hybridized carbons (Fsp3) is 1.00. The Morgan fingerprint density at radius 1 is 0.947 bits per heavy atom. The Morgan fingerprint density at radius 3 is 2.05 bits per heavy atom. The number of rotatable bonds is 5. The standard InChI is InChI=1S/C16H33N3/c1-3-11-18-12-9-16(10-13-18)19(4-2)15-7-5-14(17)6-8-15/h14-16H,3-13,17H2,1-2H3. The first-order chi connectivity index (χ1) is 9.24. The van der Waals surface area contributed by atoms with E-state index in [1.54, 1.807) is 0 Å². The molecule has 0 radical (unpaired) electrons. The van der Waals surface area contributed by atoms with Crippen LogP contribution in [-0.2, 0) is 0 Å². The lowest BCUT2D eigenvalue weighted by atomic mass is 9.88. The zero-order valence-electron chi connectivity index (χ0n) is 13.0. The van der Waals surface area contributed by atoms with Crippen LogP contribution in [0.4, 0.5) is 0 Å². The average Bonchev–Trinajstić information content (AvgIpc) is 2.44. The van der Waals surface area contributed by atoms with Gasteiger partial charge in [-0.1, -0.05) is 13.8 Å². The maximum absolute atomic E-state index is 6.04. The van der Waals surface area contributed by atoms with Gasteiger partial charge in [-0.3, -0.25) is 4.90 Å². The molecule has 0 atom stereocenters. The maximum atomic E-state index is 6.04. The van der Waals surface area contributed by atoms with Gasteiger partial charge in [-0.25, -0.2) is 0 Å². The minimum absolute atomic E-state index is 0.473. The Hall–Kier alpha value is -0.120. The molecular formula is C16H33N3. The minimum atomic E-state index is 0.473. The number of nitrogens with two attached hydrogens (primary N) is 1. The lowest BCUT2D eigenvalue weighted by molar-refractivity contribution is 0.0596. The molecule has 0 aromatic heterocycles. The molecule has 0 unspecified atom stereocenters. The summed E-state index contributed by atoms with van der Waals surface area (Å²) in [7, 11) is 0. The van der Waals surface area contributed by atoms with Gasteiger partial charge < -0.3 is 10.6 Å². The van der Waals surface area contributed by atoms with Gasteiger partial charge >= 0.3 is 0 Å². The summed E-state index contributed by atoms with van der Waals surface area (Å²) >= 11 is 0. The van der Waals surface area contributed by atoms with Crippen LogP contribution in [0.1, 0.15) is 58.8 Å². The molecule has 2 N–H and O–H groups in total. The molecule has 3 nitrogen and oxygen atoms in total. The van der Waals surface area contributed by atoms with Crippen LogP contribution in [0.5, 0.6) is 0 Å². The quantitative estimate of drug-likeness (QED) is 0.830. The summed E-state index contributed by atoms with van der Waals surface area (Å²) in [4.78, 5) is 5.44. The topological polar surface area (TPSA) is 32.5 Å². The molecule has 112 valence electrons. The Morgan fingerprint density at radius 2 is 1.53 bits per heavy atom. The van der Waals surface area contributed by atoms with Crippen LogP contribution >= 0.6 is 0 Å². The summed E-state index contributed by atoms with van der Waals surface area (Å²) < 4.78 is 0. The highest BCUT2D eigenvalue weighted by molar-refractivity contribution is 4.87. The number of likely N-dealkylation sites (tertiary alicyclic amines) is 1. The normalized spacial score (nSPS) is 30.9. The largest absolute Gasteiger partial charge is 0.328 e. The second-order valence-corrected chi connectivity index (χ2v) is 6.47. The van der Waals surface area contributed by atoms with Crippen LogP contribution in [0.15, 0.2) is 0 Å². The second-order valence-electron chi connectivity index (χ2n) is 6.47. The van der Waals surface area contributed by atoms with E-state index in [0.29, 0.717) is 6.04 Å². The SMILES string of the molecule is CCCN1CCC(N(CC)C2CCC(N)CC2)CC1. The van der Waals surface area contributed by atoms with Gasteiger partial charge in [0, 0.05) is 18.1 Å². The molecule has 2 rings (SSSR count). The number of hydrogen-bond donors (Lipinski definition) is 1. The molecule has 1 saturated heterocycles. The highest BCUT2D eigenvalue weighted by Crippen LogP contribution is 2.27. The first kappa shape index (κ1) is 15.3. The number of nitrogens with zero attached hydrogens (tertiary/aromatic N) is 2.